The Hall–Kier alpha value is -2.31. The molecule has 0 spiro atoms. The summed E-state index contributed by atoms with van der Waals surface area (Å²) >= 11 is 0. The molecular formula is C14H18N6O. The van der Waals surface area contributed by atoms with Gasteiger partial charge in [0.15, 0.2) is 0 Å². The molecule has 1 saturated carbocycles. The second-order valence-electron chi connectivity index (χ2n) is 5.29. The summed E-state index contributed by atoms with van der Waals surface area (Å²) in [5, 5.41) is 15.1. The summed E-state index contributed by atoms with van der Waals surface area (Å²) < 4.78 is 0. The van der Waals surface area contributed by atoms with Crippen molar-refractivity contribution in [2.75, 3.05) is 0 Å². The molecule has 1 N–H and O–H groups in total. The first-order valence-electron chi connectivity index (χ1n) is 7.29. The highest BCUT2D eigenvalue weighted by molar-refractivity contribution is 5.75. The fraction of sp³-hybridized carbons (Fsp3) is 0.500. The van der Waals surface area contributed by atoms with E-state index in [1.54, 1.807) is 12.4 Å². The summed E-state index contributed by atoms with van der Waals surface area (Å²) in [4.78, 5) is 17.3. The largest absolute Gasteiger partial charge is 0.352 e. The molecule has 3 rings (SSSR count). The smallest absolute Gasteiger partial charge is 0.243 e. The van der Waals surface area contributed by atoms with Gasteiger partial charge in [0.25, 0.3) is 0 Å². The van der Waals surface area contributed by atoms with E-state index < -0.39 is 0 Å². The number of nitrogens with zero attached hydrogens (tertiary/aromatic N) is 5. The number of hydrogen-bond donors (Lipinski definition) is 1. The quantitative estimate of drug-likeness (QED) is 0.912. The molecule has 2 aromatic rings. The monoisotopic (exact) mass is 286 g/mol. The minimum Gasteiger partial charge on any atom is -0.352 e. The van der Waals surface area contributed by atoms with E-state index in [1.807, 2.05) is 12.1 Å². The molecule has 0 aliphatic heterocycles. The summed E-state index contributed by atoms with van der Waals surface area (Å²) in [7, 11) is 0. The fourth-order valence-electron chi connectivity index (χ4n) is 2.57. The second-order valence-corrected chi connectivity index (χ2v) is 5.29. The maximum Gasteiger partial charge on any atom is 0.243 e. The molecule has 2 aromatic heterocycles. The van der Waals surface area contributed by atoms with Crippen molar-refractivity contribution in [2.24, 2.45) is 0 Å². The Balaban J connectivity index is 1.58. The third kappa shape index (κ3) is 3.62. The van der Waals surface area contributed by atoms with Gasteiger partial charge in [-0.15, -0.1) is 10.2 Å². The Morgan fingerprint density at radius 3 is 2.95 bits per heavy atom. The van der Waals surface area contributed by atoms with Crippen molar-refractivity contribution in [2.45, 2.75) is 44.7 Å². The van der Waals surface area contributed by atoms with Crippen molar-refractivity contribution in [3.05, 3.63) is 24.5 Å². The Morgan fingerprint density at radius 2 is 2.19 bits per heavy atom. The molecule has 110 valence electrons. The zero-order valence-electron chi connectivity index (χ0n) is 11.8. The normalized spacial score (nSPS) is 15.8. The lowest BCUT2D eigenvalue weighted by Crippen LogP contribution is -2.38. The molecular weight excluding hydrogens is 268 g/mol. The van der Waals surface area contributed by atoms with Crippen LogP contribution in [0.2, 0.25) is 0 Å². The Morgan fingerprint density at radius 1 is 1.33 bits per heavy atom. The van der Waals surface area contributed by atoms with Gasteiger partial charge in [-0.05, 0) is 30.2 Å². The summed E-state index contributed by atoms with van der Waals surface area (Å²) in [5.74, 6) is 0.422. The average Bonchev–Trinajstić information content (AvgIpc) is 2.97. The van der Waals surface area contributed by atoms with E-state index in [-0.39, 0.29) is 12.5 Å². The zero-order chi connectivity index (χ0) is 14.5. The number of hydrogen-bond acceptors (Lipinski definition) is 5. The lowest BCUT2D eigenvalue weighted by molar-refractivity contribution is -0.123. The molecule has 0 aromatic carbocycles. The van der Waals surface area contributed by atoms with Gasteiger partial charge in [-0.25, -0.2) is 0 Å². The predicted molar refractivity (Wildman–Crippen MR) is 76.1 cm³/mol. The maximum atomic E-state index is 12.0. The van der Waals surface area contributed by atoms with Crippen LogP contribution in [0.25, 0.3) is 11.4 Å². The van der Waals surface area contributed by atoms with E-state index in [0.717, 1.165) is 18.4 Å². The lowest BCUT2D eigenvalue weighted by Gasteiger charge is -2.22. The molecule has 0 bridgehead atoms. The second kappa shape index (κ2) is 6.43. The van der Waals surface area contributed by atoms with Crippen molar-refractivity contribution in [3.63, 3.8) is 0 Å². The van der Waals surface area contributed by atoms with E-state index in [1.165, 1.54) is 24.1 Å². The van der Waals surface area contributed by atoms with Gasteiger partial charge >= 0.3 is 0 Å². The highest BCUT2D eigenvalue weighted by atomic mass is 16.2. The van der Waals surface area contributed by atoms with Crippen LogP contribution in [0.1, 0.15) is 32.1 Å². The molecule has 21 heavy (non-hydrogen) atoms. The van der Waals surface area contributed by atoms with Crippen molar-refractivity contribution in [3.8, 4) is 11.4 Å². The Kier molecular flexibility index (Phi) is 4.18. The van der Waals surface area contributed by atoms with Gasteiger partial charge < -0.3 is 5.32 Å². The van der Waals surface area contributed by atoms with Crippen LogP contribution in [-0.2, 0) is 11.3 Å². The average molecular weight is 286 g/mol. The minimum absolute atomic E-state index is 0.0583. The summed E-state index contributed by atoms with van der Waals surface area (Å²) in [6.45, 7) is 0.101. The first-order chi connectivity index (χ1) is 10.3. The molecule has 1 fully saturated rings. The molecule has 0 radical (unpaired) electrons. The van der Waals surface area contributed by atoms with Gasteiger partial charge in [0.1, 0.15) is 6.54 Å². The van der Waals surface area contributed by atoms with Gasteiger partial charge in [0, 0.05) is 24.0 Å². The Bertz CT molecular complexity index is 591. The van der Waals surface area contributed by atoms with E-state index in [2.05, 4.69) is 25.7 Å². The lowest BCUT2D eigenvalue weighted by atomic mass is 9.95. The van der Waals surface area contributed by atoms with Crippen molar-refractivity contribution in [1.29, 1.82) is 0 Å². The van der Waals surface area contributed by atoms with E-state index in [4.69, 9.17) is 0 Å². The maximum absolute atomic E-state index is 12.0. The van der Waals surface area contributed by atoms with Gasteiger partial charge in [0.05, 0.1) is 0 Å². The summed E-state index contributed by atoms with van der Waals surface area (Å²) in [6.07, 6.45) is 9.14. The van der Waals surface area contributed by atoms with E-state index in [0.29, 0.717) is 11.9 Å². The van der Waals surface area contributed by atoms with Crippen molar-refractivity contribution < 1.29 is 4.79 Å². The predicted octanol–water partition coefficient (Wildman–Crippen LogP) is 1.18. The third-order valence-electron chi connectivity index (χ3n) is 3.63. The van der Waals surface area contributed by atoms with Crippen molar-refractivity contribution in [1.82, 2.24) is 30.5 Å². The van der Waals surface area contributed by atoms with Gasteiger partial charge in [-0.1, -0.05) is 19.3 Å². The van der Waals surface area contributed by atoms with Gasteiger partial charge in [0.2, 0.25) is 11.7 Å². The SMILES string of the molecule is O=C(Cn1nnc(-c2cccnc2)n1)NC1CCCCC1. The molecule has 2 heterocycles. The first-order valence-corrected chi connectivity index (χ1v) is 7.29. The molecule has 0 atom stereocenters. The van der Waals surface area contributed by atoms with Crippen LogP contribution < -0.4 is 5.32 Å². The van der Waals surface area contributed by atoms with E-state index >= 15 is 0 Å². The molecule has 7 nitrogen and oxygen atoms in total. The highest BCUT2D eigenvalue weighted by Gasteiger charge is 2.16. The number of tetrazole rings is 1. The van der Waals surface area contributed by atoms with Gasteiger partial charge in [-0.3, -0.25) is 9.78 Å². The summed E-state index contributed by atoms with van der Waals surface area (Å²) in [5.41, 5.74) is 0.788. The number of rotatable bonds is 4. The van der Waals surface area contributed by atoms with Crippen molar-refractivity contribution >= 4 is 5.91 Å². The van der Waals surface area contributed by atoms with Gasteiger partial charge in [-0.2, -0.15) is 4.80 Å². The molecule has 1 aliphatic rings. The molecule has 1 amide bonds. The minimum atomic E-state index is -0.0583. The molecule has 7 heteroatoms. The van der Waals surface area contributed by atoms with Crippen LogP contribution in [0, 0.1) is 0 Å². The zero-order valence-corrected chi connectivity index (χ0v) is 11.8. The summed E-state index contributed by atoms with van der Waals surface area (Å²) in [6, 6.07) is 3.97. The van der Waals surface area contributed by atoms with Crippen LogP contribution >= 0.6 is 0 Å². The number of nitrogens with one attached hydrogen (secondary N) is 1. The Labute approximate surface area is 122 Å². The number of aromatic nitrogens is 5. The molecule has 1 aliphatic carbocycles. The van der Waals surface area contributed by atoms with E-state index in [9.17, 15) is 4.79 Å². The molecule has 0 saturated heterocycles. The molecule has 0 unspecified atom stereocenters. The van der Waals surface area contributed by atoms with Crippen LogP contribution in [0.3, 0.4) is 0 Å². The fourth-order valence-corrected chi connectivity index (χ4v) is 2.57. The number of amides is 1. The number of carbonyl (C=O) groups is 1. The van der Waals surface area contributed by atoms with Crippen LogP contribution in [-0.4, -0.2) is 37.1 Å². The third-order valence-corrected chi connectivity index (χ3v) is 3.63. The first kappa shape index (κ1) is 13.7. The number of pyridine rings is 1. The topological polar surface area (TPSA) is 85.6 Å². The number of carbonyl (C=O) groups excluding carboxylic acids is 1. The van der Waals surface area contributed by atoms with Crippen LogP contribution in [0.5, 0.6) is 0 Å². The highest BCUT2D eigenvalue weighted by Crippen LogP contribution is 2.17. The standard InChI is InChI=1S/C14H18N6O/c21-13(16-12-6-2-1-3-7-12)10-20-18-14(17-19-20)11-5-4-8-15-9-11/h4-5,8-9,12H,1-3,6-7,10H2,(H,16,21). The van der Waals surface area contributed by atoms with Crippen LogP contribution in [0.4, 0.5) is 0 Å². The van der Waals surface area contributed by atoms with Crippen LogP contribution in [0.15, 0.2) is 24.5 Å².